The van der Waals surface area contributed by atoms with Crippen LogP contribution in [0.2, 0.25) is 0 Å². The maximum atomic E-state index is 10.7. The maximum absolute atomic E-state index is 10.7. The molecule has 0 aromatic heterocycles. The van der Waals surface area contributed by atoms with Crippen LogP contribution in [0.1, 0.15) is 26.7 Å². The van der Waals surface area contributed by atoms with E-state index in [0.29, 0.717) is 11.5 Å². The van der Waals surface area contributed by atoms with Crippen LogP contribution in [0.25, 0.3) is 0 Å². The summed E-state index contributed by atoms with van der Waals surface area (Å²) >= 11 is 0. The van der Waals surface area contributed by atoms with Crippen LogP contribution in [-0.2, 0) is 4.79 Å². The summed E-state index contributed by atoms with van der Waals surface area (Å²) in [6, 6.07) is 0. The Labute approximate surface area is 72.6 Å². The molecule has 1 N–H and O–H groups in total. The Morgan fingerprint density at radius 3 is 2.42 bits per heavy atom. The third-order valence-electron chi connectivity index (χ3n) is 2.12. The summed E-state index contributed by atoms with van der Waals surface area (Å²) in [7, 11) is 0. The predicted octanol–water partition coefficient (Wildman–Crippen LogP) is 2.37. The molecule has 0 aromatic carbocycles. The Balaban J connectivity index is 2.88. The molecule has 2 heteroatoms. The summed E-state index contributed by atoms with van der Waals surface area (Å²) in [4.78, 5) is 10.7. The van der Waals surface area contributed by atoms with Gasteiger partial charge in [-0.15, -0.1) is 0 Å². The molecule has 0 spiro atoms. The van der Waals surface area contributed by atoms with Gasteiger partial charge in [0, 0.05) is 5.57 Å². The zero-order valence-electron chi connectivity index (χ0n) is 7.50. The Morgan fingerprint density at radius 1 is 1.50 bits per heavy atom. The minimum atomic E-state index is -0.796. The molecule has 0 aliphatic heterocycles. The Bertz CT molecular complexity index is 245. The molecule has 1 aliphatic rings. The molecular weight excluding hydrogens is 152 g/mol. The van der Waals surface area contributed by atoms with Crippen LogP contribution < -0.4 is 0 Å². The summed E-state index contributed by atoms with van der Waals surface area (Å²) in [6.45, 7) is 3.59. The molecule has 1 rings (SSSR count). The van der Waals surface area contributed by atoms with Crippen LogP contribution in [-0.4, -0.2) is 11.1 Å². The molecule has 0 saturated heterocycles. The van der Waals surface area contributed by atoms with Crippen molar-refractivity contribution in [2.24, 2.45) is 5.92 Å². The van der Waals surface area contributed by atoms with Crippen LogP contribution in [0.5, 0.6) is 0 Å². The summed E-state index contributed by atoms with van der Waals surface area (Å²) in [5.74, 6) is -0.285. The van der Waals surface area contributed by atoms with Gasteiger partial charge in [0.25, 0.3) is 0 Å². The summed E-state index contributed by atoms with van der Waals surface area (Å²) in [6.07, 6.45) is 6.11. The highest BCUT2D eigenvalue weighted by atomic mass is 16.4. The number of carbonyl (C=O) groups is 1. The molecule has 0 heterocycles. The van der Waals surface area contributed by atoms with E-state index in [-0.39, 0.29) is 0 Å². The second kappa shape index (κ2) is 3.57. The zero-order chi connectivity index (χ0) is 9.14. The first-order valence-electron chi connectivity index (χ1n) is 4.23. The van der Waals surface area contributed by atoms with E-state index in [4.69, 9.17) is 5.11 Å². The molecule has 1 saturated carbocycles. The minimum Gasteiger partial charge on any atom is -0.478 e. The van der Waals surface area contributed by atoms with Crippen molar-refractivity contribution < 1.29 is 9.90 Å². The first-order valence-corrected chi connectivity index (χ1v) is 4.23. The van der Waals surface area contributed by atoms with E-state index in [1.165, 1.54) is 0 Å². The number of rotatable bonds is 3. The van der Waals surface area contributed by atoms with E-state index in [1.54, 1.807) is 6.92 Å². The Kier molecular flexibility index (Phi) is 2.69. The van der Waals surface area contributed by atoms with Gasteiger partial charge >= 0.3 is 5.97 Å². The predicted molar refractivity (Wildman–Crippen MR) is 47.9 cm³/mol. The molecular formula is C10H14O2. The third-order valence-corrected chi connectivity index (χ3v) is 2.12. The van der Waals surface area contributed by atoms with E-state index >= 15 is 0 Å². The van der Waals surface area contributed by atoms with Gasteiger partial charge in [-0.05, 0) is 38.2 Å². The van der Waals surface area contributed by atoms with Gasteiger partial charge in [0.1, 0.15) is 0 Å². The third kappa shape index (κ3) is 1.97. The van der Waals surface area contributed by atoms with E-state index in [0.717, 1.165) is 18.4 Å². The average Bonchev–Trinajstić information content (AvgIpc) is 2.81. The van der Waals surface area contributed by atoms with Gasteiger partial charge in [-0.2, -0.15) is 0 Å². The fourth-order valence-electron chi connectivity index (χ4n) is 1.26. The Morgan fingerprint density at radius 2 is 2.08 bits per heavy atom. The van der Waals surface area contributed by atoms with Crippen LogP contribution in [0.3, 0.4) is 0 Å². The lowest BCUT2D eigenvalue weighted by molar-refractivity contribution is -0.132. The lowest BCUT2D eigenvalue weighted by Crippen LogP contribution is -2.01. The molecule has 2 nitrogen and oxygen atoms in total. The quantitative estimate of drug-likeness (QED) is 0.516. The van der Waals surface area contributed by atoms with Crippen molar-refractivity contribution in [3.05, 3.63) is 23.3 Å². The van der Waals surface area contributed by atoms with Crippen molar-refractivity contribution in [2.75, 3.05) is 0 Å². The van der Waals surface area contributed by atoms with Crippen molar-refractivity contribution >= 4 is 5.97 Å². The second-order valence-corrected chi connectivity index (χ2v) is 3.16. The summed E-state index contributed by atoms with van der Waals surface area (Å²) < 4.78 is 0. The summed E-state index contributed by atoms with van der Waals surface area (Å²) in [5.41, 5.74) is 1.50. The van der Waals surface area contributed by atoms with Gasteiger partial charge in [0.05, 0.1) is 0 Å². The van der Waals surface area contributed by atoms with E-state index < -0.39 is 5.97 Å². The van der Waals surface area contributed by atoms with Gasteiger partial charge in [-0.1, -0.05) is 12.2 Å². The number of allylic oxidation sites excluding steroid dienone is 3. The van der Waals surface area contributed by atoms with Gasteiger partial charge in [-0.3, -0.25) is 0 Å². The van der Waals surface area contributed by atoms with E-state index in [1.807, 2.05) is 19.1 Å². The smallest absolute Gasteiger partial charge is 0.331 e. The van der Waals surface area contributed by atoms with Crippen LogP contribution >= 0.6 is 0 Å². The van der Waals surface area contributed by atoms with E-state index in [2.05, 4.69) is 0 Å². The van der Waals surface area contributed by atoms with Crippen molar-refractivity contribution in [3.8, 4) is 0 Å². The molecule has 1 aliphatic carbocycles. The highest BCUT2D eigenvalue weighted by molar-refractivity contribution is 5.87. The minimum absolute atomic E-state index is 0.496. The van der Waals surface area contributed by atoms with Gasteiger partial charge in [-0.25, -0.2) is 4.79 Å². The highest BCUT2D eigenvalue weighted by Gasteiger charge is 2.27. The van der Waals surface area contributed by atoms with Crippen molar-refractivity contribution in [1.82, 2.24) is 0 Å². The molecule has 1 fully saturated rings. The highest BCUT2D eigenvalue weighted by Crippen LogP contribution is 2.38. The molecule has 0 bridgehead atoms. The Hall–Kier alpha value is -1.05. The molecule has 0 atom stereocenters. The molecule has 0 radical (unpaired) electrons. The summed E-state index contributed by atoms with van der Waals surface area (Å²) in [5, 5.41) is 8.76. The van der Waals surface area contributed by atoms with Gasteiger partial charge < -0.3 is 5.11 Å². The van der Waals surface area contributed by atoms with E-state index in [9.17, 15) is 4.79 Å². The molecule has 0 aromatic rings. The van der Waals surface area contributed by atoms with Crippen molar-refractivity contribution in [1.29, 1.82) is 0 Å². The lowest BCUT2D eigenvalue weighted by atomic mass is 10.0. The fourth-order valence-corrected chi connectivity index (χ4v) is 1.26. The SMILES string of the molecule is CC=CC(=C(C)C(=O)O)C1CC1. The largest absolute Gasteiger partial charge is 0.478 e. The number of hydrogen-bond acceptors (Lipinski definition) is 1. The van der Waals surface area contributed by atoms with Gasteiger partial charge in [0.15, 0.2) is 0 Å². The second-order valence-electron chi connectivity index (χ2n) is 3.16. The van der Waals surface area contributed by atoms with Crippen LogP contribution in [0, 0.1) is 5.92 Å². The average molecular weight is 166 g/mol. The van der Waals surface area contributed by atoms with Crippen molar-refractivity contribution in [2.45, 2.75) is 26.7 Å². The molecule has 0 amide bonds. The van der Waals surface area contributed by atoms with Crippen LogP contribution in [0.4, 0.5) is 0 Å². The molecule has 12 heavy (non-hydrogen) atoms. The normalized spacial score (nSPS) is 19.5. The zero-order valence-corrected chi connectivity index (χ0v) is 7.50. The standard InChI is InChI=1S/C10H14O2/c1-3-4-9(8-5-6-8)7(2)10(11)12/h3-4,8H,5-6H2,1-2H3,(H,11,12). The van der Waals surface area contributed by atoms with Gasteiger partial charge in [0.2, 0.25) is 0 Å². The molecule has 0 unspecified atom stereocenters. The lowest BCUT2D eigenvalue weighted by Gasteiger charge is -2.01. The number of carboxylic acid groups (broad SMARTS) is 1. The fraction of sp³-hybridized carbons (Fsp3) is 0.500. The number of aliphatic carboxylic acids is 1. The monoisotopic (exact) mass is 166 g/mol. The topological polar surface area (TPSA) is 37.3 Å². The van der Waals surface area contributed by atoms with Crippen molar-refractivity contribution in [3.63, 3.8) is 0 Å². The maximum Gasteiger partial charge on any atom is 0.331 e. The first kappa shape index (κ1) is 9.04. The number of hydrogen-bond donors (Lipinski definition) is 1. The van der Waals surface area contributed by atoms with Crippen LogP contribution in [0.15, 0.2) is 23.3 Å². The first-order chi connectivity index (χ1) is 5.66. The molecule has 66 valence electrons. The number of carboxylic acids is 1.